The molecule has 1 aromatic carbocycles. The fourth-order valence-electron chi connectivity index (χ4n) is 1.94. The second-order valence-corrected chi connectivity index (χ2v) is 4.52. The smallest absolute Gasteiger partial charge is 0.228 e. The zero-order valence-corrected chi connectivity index (χ0v) is 11.2. The van der Waals surface area contributed by atoms with Gasteiger partial charge in [-0.2, -0.15) is 4.98 Å². The van der Waals surface area contributed by atoms with Crippen LogP contribution in [0, 0.1) is 6.92 Å². The van der Waals surface area contributed by atoms with Crippen molar-refractivity contribution in [2.45, 2.75) is 13.3 Å². The Kier molecular flexibility index (Phi) is 3.50. The molecular weight excluding hydrogens is 254 g/mol. The van der Waals surface area contributed by atoms with Crippen LogP contribution in [0.25, 0.3) is 11.4 Å². The minimum absolute atomic E-state index is 0.560. The van der Waals surface area contributed by atoms with Crippen LogP contribution in [0.3, 0.4) is 0 Å². The van der Waals surface area contributed by atoms with Gasteiger partial charge in [-0.15, -0.1) is 0 Å². The number of aryl methyl sites for hydroxylation is 1. The van der Waals surface area contributed by atoms with E-state index in [0.29, 0.717) is 18.1 Å². The first-order chi connectivity index (χ1) is 9.83. The molecule has 0 amide bonds. The minimum atomic E-state index is 0.560. The van der Waals surface area contributed by atoms with E-state index < -0.39 is 0 Å². The van der Waals surface area contributed by atoms with E-state index in [1.807, 2.05) is 12.1 Å². The van der Waals surface area contributed by atoms with E-state index in [1.54, 1.807) is 18.6 Å². The molecule has 2 aromatic heterocycles. The Morgan fingerprint density at radius 1 is 1.20 bits per heavy atom. The predicted octanol–water partition coefficient (Wildman–Crippen LogP) is 3.29. The molecule has 0 radical (unpaired) electrons. The molecule has 0 aliphatic carbocycles. The van der Waals surface area contributed by atoms with Crippen molar-refractivity contribution < 1.29 is 8.94 Å². The van der Waals surface area contributed by atoms with Gasteiger partial charge in [-0.1, -0.05) is 23.4 Å². The van der Waals surface area contributed by atoms with Gasteiger partial charge in [0.25, 0.3) is 0 Å². The Balaban J connectivity index is 1.58. The Labute approximate surface area is 116 Å². The maximum Gasteiger partial charge on any atom is 0.228 e. The van der Waals surface area contributed by atoms with Crippen LogP contribution in [0.2, 0.25) is 0 Å². The molecule has 0 bridgehead atoms. The van der Waals surface area contributed by atoms with Crippen molar-refractivity contribution >= 4 is 5.69 Å². The molecule has 20 heavy (non-hydrogen) atoms. The lowest BCUT2D eigenvalue weighted by molar-refractivity contribution is 0.381. The molecule has 0 spiro atoms. The fraction of sp³-hybridized carbons (Fsp3) is 0.200. The van der Waals surface area contributed by atoms with Gasteiger partial charge in [0.05, 0.1) is 11.8 Å². The van der Waals surface area contributed by atoms with Gasteiger partial charge in [0.1, 0.15) is 6.26 Å². The molecular formula is C15H15N3O2. The molecule has 2 heterocycles. The number of para-hydroxylation sites is 1. The summed E-state index contributed by atoms with van der Waals surface area (Å²) < 4.78 is 10.2. The Bertz CT molecular complexity index is 674. The lowest BCUT2D eigenvalue weighted by atomic mass is 10.2. The molecule has 102 valence electrons. The highest BCUT2D eigenvalue weighted by Gasteiger charge is 2.09. The van der Waals surface area contributed by atoms with E-state index in [4.69, 9.17) is 8.94 Å². The minimum Gasteiger partial charge on any atom is -0.472 e. The van der Waals surface area contributed by atoms with Gasteiger partial charge in [-0.3, -0.25) is 0 Å². The molecule has 1 N–H and O–H groups in total. The molecule has 3 rings (SSSR count). The zero-order chi connectivity index (χ0) is 13.8. The summed E-state index contributed by atoms with van der Waals surface area (Å²) in [5.41, 5.74) is 3.17. The number of hydrogen-bond acceptors (Lipinski definition) is 5. The first kappa shape index (κ1) is 12.5. The molecule has 0 saturated carbocycles. The monoisotopic (exact) mass is 269 g/mol. The van der Waals surface area contributed by atoms with E-state index in [1.165, 1.54) is 5.56 Å². The number of anilines is 1. The summed E-state index contributed by atoms with van der Waals surface area (Å²) in [7, 11) is 0. The second kappa shape index (κ2) is 5.61. The first-order valence-electron chi connectivity index (χ1n) is 6.47. The molecule has 3 aromatic rings. The Morgan fingerprint density at radius 3 is 2.90 bits per heavy atom. The fourth-order valence-corrected chi connectivity index (χ4v) is 1.94. The average Bonchev–Trinajstić information content (AvgIpc) is 3.11. The summed E-state index contributed by atoms with van der Waals surface area (Å²) >= 11 is 0. The Hall–Kier alpha value is -2.56. The highest BCUT2D eigenvalue weighted by atomic mass is 16.5. The quantitative estimate of drug-likeness (QED) is 0.770. The third kappa shape index (κ3) is 2.71. The van der Waals surface area contributed by atoms with Crippen molar-refractivity contribution in [1.82, 2.24) is 10.1 Å². The van der Waals surface area contributed by atoms with Gasteiger partial charge in [-0.05, 0) is 24.6 Å². The molecule has 5 heteroatoms. The summed E-state index contributed by atoms with van der Waals surface area (Å²) in [6.45, 7) is 2.82. The van der Waals surface area contributed by atoms with Crippen molar-refractivity contribution in [3.05, 3.63) is 54.3 Å². The standard InChI is InChI=1S/C15H15N3O2/c1-11-4-2-3-5-13(11)16-8-6-14-17-15(18-20-14)12-7-9-19-10-12/h2-5,7,9-10,16H,6,8H2,1H3. The largest absolute Gasteiger partial charge is 0.472 e. The molecule has 5 nitrogen and oxygen atoms in total. The number of rotatable bonds is 5. The summed E-state index contributed by atoms with van der Waals surface area (Å²) in [6.07, 6.45) is 3.87. The number of aromatic nitrogens is 2. The van der Waals surface area contributed by atoms with Crippen molar-refractivity contribution in [1.29, 1.82) is 0 Å². The van der Waals surface area contributed by atoms with E-state index >= 15 is 0 Å². The maximum absolute atomic E-state index is 5.21. The van der Waals surface area contributed by atoms with Crippen LogP contribution < -0.4 is 5.32 Å². The summed E-state index contributed by atoms with van der Waals surface area (Å²) in [4.78, 5) is 4.33. The van der Waals surface area contributed by atoms with Gasteiger partial charge in [-0.25, -0.2) is 0 Å². The molecule has 0 unspecified atom stereocenters. The van der Waals surface area contributed by atoms with E-state index in [9.17, 15) is 0 Å². The predicted molar refractivity (Wildman–Crippen MR) is 75.4 cm³/mol. The number of furan rings is 1. The molecule has 0 atom stereocenters. The van der Waals surface area contributed by atoms with Gasteiger partial charge < -0.3 is 14.3 Å². The number of nitrogens with zero attached hydrogens (tertiary/aromatic N) is 2. The number of nitrogens with one attached hydrogen (secondary N) is 1. The highest BCUT2D eigenvalue weighted by molar-refractivity contribution is 5.51. The van der Waals surface area contributed by atoms with Crippen molar-refractivity contribution in [3.8, 4) is 11.4 Å². The zero-order valence-electron chi connectivity index (χ0n) is 11.2. The summed E-state index contributed by atoms with van der Waals surface area (Å²) in [5.74, 6) is 1.17. The van der Waals surface area contributed by atoms with Crippen LogP contribution in [0.1, 0.15) is 11.5 Å². The van der Waals surface area contributed by atoms with Gasteiger partial charge >= 0.3 is 0 Å². The van der Waals surface area contributed by atoms with Crippen LogP contribution in [-0.4, -0.2) is 16.7 Å². The van der Waals surface area contributed by atoms with Crippen molar-refractivity contribution in [2.75, 3.05) is 11.9 Å². The SMILES string of the molecule is Cc1ccccc1NCCc1nc(-c2ccoc2)no1. The molecule has 0 saturated heterocycles. The molecule has 0 aliphatic heterocycles. The van der Waals surface area contributed by atoms with E-state index in [2.05, 4.69) is 34.5 Å². The second-order valence-electron chi connectivity index (χ2n) is 4.52. The third-order valence-electron chi connectivity index (χ3n) is 3.05. The lowest BCUT2D eigenvalue weighted by Gasteiger charge is -2.07. The summed E-state index contributed by atoms with van der Waals surface area (Å²) in [5, 5.41) is 7.29. The topological polar surface area (TPSA) is 64.1 Å². The van der Waals surface area contributed by atoms with Crippen LogP contribution in [0.15, 0.2) is 51.8 Å². The van der Waals surface area contributed by atoms with Gasteiger partial charge in [0.15, 0.2) is 0 Å². The van der Waals surface area contributed by atoms with Gasteiger partial charge in [0, 0.05) is 18.7 Å². The normalized spacial score (nSPS) is 10.7. The van der Waals surface area contributed by atoms with E-state index in [0.717, 1.165) is 17.8 Å². The van der Waals surface area contributed by atoms with Gasteiger partial charge in [0.2, 0.25) is 11.7 Å². The highest BCUT2D eigenvalue weighted by Crippen LogP contribution is 2.16. The summed E-state index contributed by atoms with van der Waals surface area (Å²) in [6, 6.07) is 9.97. The molecule has 0 fully saturated rings. The van der Waals surface area contributed by atoms with Crippen LogP contribution in [-0.2, 0) is 6.42 Å². The first-order valence-corrected chi connectivity index (χ1v) is 6.47. The lowest BCUT2D eigenvalue weighted by Crippen LogP contribution is -2.06. The third-order valence-corrected chi connectivity index (χ3v) is 3.05. The maximum atomic E-state index is 5.21. The van der Waals surface area contributed by atoms with Crippen LogP contribution in [0.5, 0.6) is 0 Å². The number of hydrogen-bond donors (Lipinski definition) is 1. The van der Waals surface area contributed by atoms with Crippen LogP contribution in [0.4, 0.5) is 5.69 Å². The Morgan fingerprint density at radius 2 is 2.10 bits per heavy atom. The number of benzene rings is 1. The van der Waals surface area contributed by atoms with Crippen LogP contribution >= 0.6 is 0 Å². The van der Waals surface area contributed by atoms with Crippen molar-refractivity contribution in [2.24, 2.45) is 0 Å². The van der Waals surface area contributed by atoms with Crippen molar-refractivity contribution in [3.63, 3.8) is 0 Å². The molecule has 0 aliphatic rings. The average molecular weight is 269 g/mol. The van der Waals surface area contributed by atoms with E-state index in [-0.39, 0.29) is 0 Å².